The van der Waals surface area contributed by atoms with Crippen molar-refractivity contribution in [2.75, 3.05) is 13.2 Å². The van der Waals surface area contributed by atoms with Gasteiger partial charge in [0.1, 0.15) is 24.4 Å². The third kappa shape index (κ3) is 7.28. The molecule has 1 saturated heterocycles. The first-order valence-electron chi connectivity index (χ1n) is 8.64. The van der Waals surface area contributed by atoms with E-state index in [1.807, 2.05) is 6.08 Å². The minimum Gasteiger partial charge on any atom is -0.394 e. The summed E-state index contributed by atoms with van der Waals surface area (Å²) >= 11 is 0. The third-order valence-electron chi connectivity index (χ3n) is 4.18. The Morgan fingerprint density at radius 3 is 2.09 bits per heavy atom. The summed E-state index contributed by atoms with van der Waals surface area (Å²) in [5.74, 6) is 0. The number of ether oxygens (including phenoxy) is 2. The summed E-state index contributed by atoms with van der Waals surface area (Å²) in [6, 6.07) is 0. The van der Waals surface area contributed by atoms with Gasteiger partial charge in [-0.3, -0.25) is 0 Å². The van der Waals surface area contributed by atoms with Gasteiger partial charge in [0, 0.05) is 6.61 Å². The van der Waals surface area contributed by atoms with Crippen molar-refractivity contribution in [3.8, 4) is 0 Å². The maximum Gasteiger partial charge on any atom is 0.186 e. The molecule has 0 unspecified atom stereocenters. The molecule has 4 N–H and O–H groups in total. The minimum absolute atomic E-state index is 0.416. The van der Waals surface area contributed by atoms with Crippen molar-refractivity contribution in [2.45, 2.75) is 82.1 Å². The van der Waals surface area contributed by atoms with Gasteiger partial charge in [0.2, 0.25) is 0 Å². The Kier molecular flexibility index (Phi) is 10.7. The van der Waals surface area contributed by atoms with Crippen LogP contribution in [0.25, 0.3) is 0 Å². The Balaban J connectivity index is 2.07. The van der Waals surface area contributed by atoms with Gasteiger partial charge in [0.25, 0.3) is 0 Å². The van der Waals surface area contributed by atoms with Gasteiger partial charge in [-0.25, -0.2) is 0 Å². The van der Waals surface area contributed by atoms with Gasteiger partial charge < -0.3 is 29.9 Å². The van der Waals surface area contributed by atoms with E-state index in [4.69, 9.17) is 14.6 Å². The number of unbranched alkanes of at least 4 members (excludes halogenated alkanes) is 7. The highest BCUT2D eigenvalue weighted by atomic mass is 16.7. The van der Waals surface area contributed by atoms with Gasteiger partial charge in [-0.2, -0.15) is 0 Å². The van der Waals surface area contributed by atoms with E-state index in [1.165, 1.54) is 25.7 Å². The van der Waals surface area contributed by atoms with Crippen LogP contribution < -0.4 is 0 Å². The number of hydrogen-bond acceptors (Lipinski definition) is 6. The second-order valence-corrected chi connectivity index (χ2v) is 6.12. The van der Waals surface area contributed by atoms with Crippen LogP contribution in [-0.4, -0.2) is 64.3 Å². The SMILES string of the molecule is C=CCCCCCCCCCO[C@@H]1O[C@H](CO)[C@@H](O)[C@H](O)[C@H]1O. The van der Waals surface area contributed by atoms with Crippen LogP contribution in [0.4, 0.5) is 0 Å². The van der Waals surface area contributed by atoms with E-state index in [0.717, 1.165) is 25.7 Å². The average Bonchev–Trinajstić information content (AvgIpc) is 2.56. The summed E-state index contributed by atoms with van der Waals surface area (Å²) < 4.78 is 10.7. The van der Waals surface area contributed by atoms with Crippen LogP contribution in [-0.2, 0) is 9.47 Å². The predicted octanol–water partition coefficient (Wildman–Crippen LogP) is 1.11. The summed E-state index contributed by atoms with van der Waals surface area (Å²) in [6.07, 6.45) is 5.04. The Morgan fingerprint density at radius 1 is 0.870 bits per heavy atom. The topological polar surface area (TPSA) is 99.4 Å². The van der Waals surface area contributed by atoms with Crippen LogP contribution in [0.1, 0.15) is 51.4 Å². The lowest BCUT2D eigenvalue weighted by Crippen LogP contribution is -2.59. The molecule has 0 aliphatic carbocycles. The molecule has 5 atom stereocenters. The molecule has 0 aromatic rings. The van der Waals surface area contributed by atoms with Crippen molar-refractivity contribution in [3.05, 3.63) is 12.7 Å². The number of aliphatic hydroxyl groups is 4. The van der Waals surface area contributed by atoms with Gasteiger partial charge >= 0.3 is 0 Å². The first-order valence-corrected chi connectivity index (χ1v) is 8.64. The van der Waals surface area contributed by atoms with Gasteiger partial charge in [-0.15, -0.1) is 6.58 Å². The van der Waals surface area contributed by atoms with Crippen LogP contribution in [0.2, 0.25) is 0 Å². The molecule has 0 aromatic heterocycles. The zero-order valence-electron chi connectivity index (χ0n) is 13.8. The third-order valence-corrected chi connectivity index (χ3v) is 4.18. The van der Waals surface area contributed by atoms with Crippen LogP contribution in [0, 0.1) is 0 Å². The molecular weight excluding hydrogens is 300 g/mol. The van der Waals surface area contributed by atoms with E-state index in [1.54, 1.807) is 0 Å². The lowest BCUT2D eigenvalue weighted by atomic mass is 9.99. The quantitative estimate of drug-likeness (QED) is 0.316. The molecule has 6 nitrogen and oxygen atoms in total. The number of allylic oxidation sites excluding steroid dienone is 1. The molecule has 6 heteroatoms. The average molecular weight is 332 g/mol. The Labute approximate surface area is 138 Å². The van der Waals surface area contributed by atoms with Crippen molar-refractivity contribution in [2.24, 2.45) is 0 Å². The number of rotatable bonds is 12. The molecule has 1 aliphatic heterocycles. The molecule has 0 amide bonds. The normalized spacial score (nSPS) is 31.2. The van der Waals surface area contributed by atoms with E-state index < -0.39 is 37.3 Å². The Morgan fingerprint density at radius 2 is 1.48 bits per heavy atom. The maximum atomic E-state index is 9.82. The lowest BCUT2D eigenvalue weighted by Gasteiger charge is -2.39. The van der Waals surface area contributed by atoms with Gasteiger partial charge in [0.05, 0.1) is 6.61 Å². The molecule has 0 radical (unpaired) electrons. The molecule has 23 heavy (non-hydrogen) atoms. The number of aliphatic hydroxyl groups excluding tert-OH is 4. The van der Waals surface area contributed by atoms with E-state index in [9.17, 15) is 15.3 Å². The molecule has 136 valence electrons. The Hall–Kier alpha value is -0.500. The highest BCUT2D eigenvalue weighted by Crippen LogP contribution is 2.22. The fourth-order valence-corrected chi connectivity index (χ4v) is 2.68. The summed E-state index contributed by atoms with van der Waals surface area (Å²) in [5, 5.41) is 38.2. The van der Waals surface area contributed by atoms with E-state index in [2.05, 4.69) is 6.58 Å². The van der Waals surface area contributed by atoms with Crippen molar-refractivity contribution in [1.82, 2.24) is 0 Å². The largest absolute Gasteiger partial charge is 0.394 e. The zero-order valence-corrected chi connectivity index (χ0v) is 13.8. The fourth-order valence-electron chi connectivity index (χ4n) is 2.68. The molecular formula is C17H32O6. The second-order valence-electron chi connectivity index (χ2n) is 6.12. The van der Waals surface area contributed by atoms with Gasteiger partial charge in [-0.1, -0.05) is 38.2 Å². The van der Waals surface area contributed by atoms with Gasteiger partial charge in [0.15, 0.2) is 6.29 Å². The summed E-state index contributed by atoms with van der Waals surface area (Å²) in [6.45, 7) is 3.69. The highest BCUT2D eigenvalue weighted by Gasteiger charge is 2.43. The maximum absolute atomic E-state index is 9.82. The van der Waals surface area contributed by atoms with Crippen LogP contribution >= 0.6 is 0 Å². The van der Waals surface area contributed by atoms with Crippen molar-refractivity contribution in [3.63, 3.8) is 0 Å². The van der Waals surface area contributed by atoms with Crippen LogP contribution in [0.3, 0.4) is 0 Å². The molecule has 0 saturated carbocycles. The number of hydrogen-bond donors (Lipinski definition) is 4. The highest BCUT2D eigenvalue weighted by molar-refractivity contribution is 4.88. The van der Waals surface area contributed by atoms with E-state index in [0.29, 0.717) is 6.61 Å². The molecule has 1 aliphatic rings. The zero-order chi connectivity index (χ0) is 17.1. The Bertz CT molecular complexity index is 309. The monoisotopic (exact) mass is 332 g/mol. The van der Waals surface area contributed by atoms with Crippen LogP contribution in [0.15, 0.2) is 12.7 Å². The molecule has 1 heterocycles. The van der Waals surface area contributed by atoms with Crippen molar-refractivity contribution >= 4 is 0 Å². The molecule has 0 spiro atoms. The predicted molar refractivity (Wildman–Crippen MR) is 86.9 cm³/mol. The standard InChI is InChI=1S/C17H32O6/c1-2-3-4-5-6-7-8-9-10-11-22-17-16(21)15(20)14(19)13(12-18)23-17/h2,13-21H,1,3-12H2/t13-,14-,15+,16-,17-/m1/s1. The van der Waals surface area contributed by atoms with E-state index >= 15 is 0 Å². The molecule has 0 aromatic carbocycles. The summed E-state index contributed by atoms with van der Waals surface area (Å²) in [4.78, 5) is 0. The second kappa shape index (κ2) is 11.9. The first-order chi connectivity index (χ1) is 11.1. The summed E-state index contributed by atoms with van der Waals surface area (Å²) in [5.41, 5.74) is 0. The van der Waals surface area contributed by atoms with Crippen LogP contribution in [0.5, 0.6) is 0 Å². The smallest absolute Gasteiger partial charge is 0.186 e. The van der Waals surface area contributed by atoms with E-state index in [-0.39, 0.29) is 0 Å². The first kappa shape index (κ1) is 20.5. The fraction of sp³-hybridized carbons (Fsp3) is 0.882. The van der Waals surface area contributed by atoms with Crippen molar-refractivity contribution in [1.29, 1.82) is 0 Å². The van der Waals surface area contributed by atoms with Crippen molar-refractivity contribution < 1.29 is 29.9 Å². The molecule has 1 rings (SSSR count). The molecule has 1 fully saturated rings. The van der Waals surface area contributed by atoms with Gasteiger partial charge in [-0.05, 0) is 19.3 Å². The molecule has 0 bridgehead atoms. The minimum atomic E-state index is -1.37. The summed E-state index contributed by atoms with van der Waals surface area (Å²) in [7, 11) is 0. The lowest BCUT2D eigenvalue weighted by molar-refractivity contribution is -0.301.